The lowest BCUT2D eigenvalue weighted by molar-refractivity contribution is 0.0953. The third kappa shape index (κ3) is 8.48. The molecule has 226 valence electrons. The number of unbranched alkanes of at least 4 members (excludes halogenated alkanes) is 3. The molecule has 2 heterocycles. The molecule has 7 nitrogen and oxygen atoms in total. The molecule has 0 atom stereocenters. The van der Waals surface area contributed by atoms with Gasteiger partial charge in [0.25, 0.3) is 5.91 Å². The van der Waals surface area contributed by atoms with Gasteiger partial charge in [0.15, 0.2) is 9.84 Å². The second kappa shape index (κ2) is 15.1. The largest absolute Gasteiger partial charge is 0.370 e. The highest BCUT2D eigenvalue weighted by atomic mass is 32.2. The quantitative estimate of drug-likeness (QED) is 0.288. The highest BCUT2D eigenvalue weighted by Crippen LogP contribution is 2.37. The Balaban J connectivity index is 1.64. The molecule has 0 aromatic heterocycles. The standard InChI is InChI=1S/C33H50N4O3S/c1-4-6-7-11-18-34-33(38)29-25-32(41(3,39)40)31(26-30(29)36(5-2)24-23-35-19-12-13-20-35)37-21-16-28(17-22-37)27-14-9-8-10-15-27/h8-10,14-15,25-26,28H,4-7,11-13,16-24H2,1-3H3,(H,34,38). The van der Waals surface area contributed by atoms with Crippen molar-refractivity contribution in [1.29, 1.82) is 0 Å². The third-order valence-corrected chi connectivity index (χ3v) is 9.88. The van der Waals surface area contributed by atoms with Gasteiger partial charge in [0, 0.05) is 45.5 Å². The van der Waals surface area contributed by atoms with Crippen LogP contribution in [-0.4, -0.2) is 77.8 Å². The molecule has 0 saturated carbocycles. The number of benzene rings is 2. The van der Waals surface area contributed by atoms with Crippen LogP contribution in [0.4, 0.5) is 11.4 Å². The number of amides is 1. The topological polar surface area (TPSA) is 73.0 Å². The van der Waals surface area contributed by atoms with E-state index in [9.17, 15) is 13.2 Å². The maximum absolute atomic E-state index is 13.6. The normalized spacial score (nSPS) is 16.7. The van der Waals surface area contributed by atoms with E-state index in [2.05, 4.69) is 58.1 Å². The molecule has 2 aliphatic heterocycles. The molecule has 2 saturated heterocycles. The van der Waals surface area contributed by atoms with Crippen LogP contribution < -0.4 is 15.1 Å². The second-order valence-corrected chi connectivity index (χ2v) is 13.7. The van der Waals surface area contributed by atoms with E-state index in [1.807, 2.05) is 12.1 Å². The fourth-order valence-electron chi connectivity index (χ4n) is 6.29. The van der Waals surface area contributed by atoms with Gasteiger partial charge in [-0.2, -0.15) is 0 Å². The van der Waals surface area contributed by atoms with Crippen LogP contribution in [0.5, 0.6) is 0 Å². The Bertz CT molecular complexity index is 1220. The first-order chi connectivity index (χ1) is 19.8. The van der Waals surface area contributed by atoms with Crippen LogP contribution >= 0.6 is 0 Å². The molecule has 1 N–H and O–H groups in total. The number of likely N-dealkylation sites (N-methyl/N-ethyl adjacent to an activating group) is 1. The number of hydrogen-bond donors (Lipinski definition) is 1. The summed E-state index contributed by atoms with van der Waals surface area (Å²) in [7, 11) is -3.56. The number of sulfone groups is 1. The van der Waals surface area contributed by atoms with E-state index < -0.39 is 9.84 Å². The summed E-state index contributed by atoms with van der Waals surface area (Å²) in [6.45, 7) is 11.2. The minimum atomic E-state index is -3.56. The average Bonchev–Trinajstić information content (AvgIpc) is 3.51. The smallest absolute Gasteiger partial charge is 0.253 e. The van der Waals surface area contributed by atoms with Gasteiger partial charge in [-0.1, -0.05) is 56.5 Å². The summed E-state index contributed by atoms with van der Waals surface area (Å²) in [5, 5.41) is 3.09. The summed E-state index contributed by atoms with van der Waals surface area (Å²) in [6, 6.07) is 14.3. The molecule has 8 heteroatoms. The Kier molecular flexibility index (Phi) is 11.5. The van der Waals surface area contributed by atoms with Crippen molar-refractivity contribution in [2.45, 2.75) is 76.0 Å². The van der Waals surface area contributed by atoms with Crippen molar-refractivity contribution in [1.82, 2.24) is 10.2 Å². The Hall–Kier alpha value is -2.58. The zero-order valence-corrected chi connectivity index (χ0v) is 26.2. The molecule has 0 bridgehead atoms. The van der Waals surface area contributed by atoms with E-state index in [1.165, 1.54) is 24.7 Å². The second-order valence-electron chi connectivity index (χ2n) is 11.7. The van der Waals surface area contributed by atoms with E-state index in [1.54, 1.807) is 6.07 Å². The van der Waals surface area contributed by atoms with Gasteiger partial charge >= 0.3 is 0 Å². The predicted molar refractivity (Wildman–Crippen MR) is 170 cm³/mol. The van der Waals surface area contributed by atoms with Crippen molar-refractivity contribution < 1.29 is 13.2 Å². The minimum absolute atomic E-state index is 0.185. The molecule has 4 rings (SSSR count). The van der Waals surface area contributed by atoms with Gasteiger partial charge in [-0.05, 0) is 75.7 Å². The summed E-state index contributed by atoms with van der Waals surface area (Å²) in [5.41, 5.74) is 3.38. The molecule has 0 radical (unpaired) electrons. The maximum Gasteiger partial charge on any atom is 0.253 e. The Morgan fingerprint density at radius 3 is 2.32 bits per heavy atom. The number of nitrogens with zero attached hydrogens (tertiary/aromatic N) is 3. The van der Waals surface area contributed by atoms with Crippen LogP contribution in [0.25, 0.3) is 0 Å². The molecule has 41 heavy (non-hydrogen) atoms. The lowest BCUT2D eigenvalue weighted by Crippen LogP contribution is -2.37. The molecular formula is C33H50N4O3S. The molecule has 2 fully saturated rings. The van der Waals surface area contributed by atoms with E-state index in [4.69, 9.17) is 0 Å². The molecule has 0 spiro atoms. The van der Waals surface area contributed by atoms with Crippen molar-refractivity contribution in [2.75, 3.05) is 68.4 Å². The monoisotopic (exact) mass is 582 g/mol. The fourth-order valence-corrected chi connectivity index (χ4v) is 7.19. The first-order valence-corrected chi connectivity index (χ1v) is 17.6. The lowest BCUT2D eigenvalue weighted by atomic mass is 9.89. The summed E-state index contributed by atoms with van der Waals surface area (Å²) < 4.78 is 26.3. The molecule has 2 aromatic carbocycles. The third-order valence-electron chi connectivity index (χ3n) is 8.75. The number of rotatable bonds is 14. The Morgan fingerprint density at radius 1 is 0.976 bits per heavy atom. The predicted octanol–water partition coefficient (Wildman–Crippen LogP) is 5.71. The summed E-state index contributed by atoms with van der Waals surface area (Å²) in [5.74, 6) is 0.286. The van der Waals surface area contributed by atoms with Gasteiger partial charge in [0.2, 0.25) is 0 Å². The van der Waals surface area contributed by atoms with Gasteiger partial charge < -0.3 is 20.0 Å². The number of carbonyl (C=O) groups excluding carboxylic acids is 1. The number of anilines is 2. The molecule has 0 aliphatic carbocycles. The molecule has 2 aromatic rings. The van der Waals surface area contributed by atoms with Crippen molar-refractivity contribution in [2.24, 2.45) is 0 Å². The highest BCUT2D eigenvalue weighted by molar-refractivity contribution is 7.90. The molecular weight excluding hydrogens is 532 g/mol. The van der Waals surface area contributed by atoms with Gasteiger partial charge in [0.05, 0.1) is 21.8 Å². The number of likely N-dealkylation sites (tertiary alicyclic amines) is 1. The number of nitrogens with one attached hydrogen (secondary N) is 1. The van der Waals surface area contributed by atoms with Crippen molar-refractivity contribution in [3.05, 3.63) is 53.6 Å². The van der Waals surface area contributed by atoms with Crippen LogP contribution in [0, 0.1) is 0 Å². The minimum Gasteiger partial charge on any atom is -0.370 e. The summed E-state index contributed by atoms with van der Waals surface area (Å²) >= 11 is 0. The van der Waals surface area contributed by atoms with Gasteiger partial charge in [-0.3, -0.25) is 4.79 Å². The van der Waals surface area contributed by atoms with Crippen LogP contribution in [0.3, 0.4) is 0 Å². The van der Waals surface area contributed by atoms with E-state index in [0.717, 1.165) is 95.7 Å². The number of carbonyl (C=O) groups is 1. The van der Waals surface area contributed by atoms with Crippen LogP contribution in [0.1, 0.15) is 87.1 Å². The average molecular weight is 583 g/mol. The SMILES string of the molecule is CCCCCCNC(=O)c1cc(S(C)(=O)=O)c(N2CCC(c3ccccc3)CC2)cc1N(CC)CCN1CCCC1. The van der Waals surface area contributed by atoms with E-state index >= 15 is 0 Å². The summed E-state index contributed by atoms with van der Waals surface area (Å²) in [6.07, 6.45) is 9.97. The Morgan fingerprint density at radius 2 is 1.68 bits per heavy atom. The molecule has 0 unspecified atom stereocenters. The number of piperidine rings is 1. The van der Waals surface area contributed by atoms with E-state index in [0.29, 0.717) is 18.0 Å². The van der Waals surface area contributed by atoms with Gasteiger partial charge in [-0.25, -0.2) is 8.42 Å². The van der Waals surface area contributed by atoms with Crippen molar-refractivity contribution >= 4 is 27.1 Å². The Labute approximate surface area is 248 Å². The zero-order valence-electron chi connectivity index (χ0n) is 25.4. The van der Waals surface area contributed by atoms with Gasteiger partial charge in [0.1, 0.15) is 0 Å². The number of hydrogen-bond acceptors (Lipinski definition) is 6. The maximum atomic E-state index is 13.6. The fraction of sp³-hybridized carbons (Fsp3) is 0.606. The van der Waals surface area contributed by atoms with Crippen LogP contribution in [0.15, 0.2) is 47.4 Å². The molecule has 2 aliphatic rings. The molecule has 1 amide bonds. The van der Waals surface area contributed by atoms with E-state index in [-0.39, 0.29) is 10.8 Å². The first kappa shape index (κ1) is 31.4. The van der Waals surface area contributed by atoms with Crippen molar-refractivity contribution in [3.8, 4) is 0 Å². The van der Waals surface area contributed by atoms with Crippen molar-refractivity contribution in [3.63, 3.8) is 0 Å². The zero-order chi connectivity index (χ0) is 29.2. The first-order valence-electron chi connectivity index (χ1n) is 15.7. The highest BCUT2D eigenvalue weighted by Gasteiger charge is 2.29. The van der Waals surface area contributed by atoms with Gasteiger partial charge in [-0.15, -0.1) is 0 Å². The summed E-state index contributed by atoms with van der Waals surface area (Å²) in [4.78, 5) is 20.8. The van der Waals surface area contributed by atoms with Crippen LogP contribution in [-0.2, 0) is 9.84 Å². The van der Waals surface area contributed by atoms with Crippen LogP contribution in [0.2, 0.25) is 0 Å². The lowest BCUT2D eigenvalue weighted by Gasteiger charge is -2.36.